The summed E-state index contributed by atoms with van der Waals surface area (Å²) in [5.74, 6) is -0.651. The van der Waals surface area contributed by atoms with E-state index >= 15 is 0 Å². The number of anilines is 1. The van der Waals surface area contributed by atoms with Crippen LogP contribution in [0.3, 0.4) is 0 Å². The number of rotatable bonds is 4. The number of sulfonamides is 1. The minimum absolute atomic E-state index is 0.0364. The zero-order valence-corrected chi connectivity index (χ0v) is 14.4. The number of thiazole rings is 1. The number of hydrogen-bond acceptors (Lipinski definition) is 5. The maximum atomic E-state index is 13.4. The Morgan fingerprint density at radius 1 is 1.21 bits per heavy atom. The second-order valence-electron chi connectivity index (χ2n) is 5.01. The van der Waals surface area contributed by atoms with E-state index in [0.29, 0.717) is 10.2 Å². The highest BCUT2D eigenvalue weighted by molar-refractivity contribution is 7.92. The monoisotopic (exact) mass is 368 g/mol. The van der Waals surface area contributed by atoms with Crippen molar-refractivity contribution >= 4 is 37.3 Å². The van der Waals surface area contributed by atoms with Crippen molar-refractivity contribution in [2.75, 3.05) is 11.8 Å². The fraction of sp³-hybridized carbons (Fsp3) is 0.133. The van der Waals surface area contributed by atoms with Crippen LogP contribution in [0.1, 0.15) is 0 Å². The first-order valence-corrected chi connectivity index (χ1v) is 9.08. The zero-order chi connectivity index (χ0) is 17.5. The lowest BCUT2D eigenvalue weighted by atomic mass is 10.3. The molecule has 0 atom stereocenters. The van der Waals surface area contributed by atoms with Crippen LogP contribution in [0.4, 0.5) is 10.1 Å². The van der Waals surface area contributed by atoms with Gasteiger partial charge in [-0.25, -0.2) is 12.8 Å². The van der Waals surface area contributed by atoms with Crippen LogP contribution in [0.25, 0.3) is 10.2 Å². The Hall–Kier alpha value is -2.39. The summed E-state index contributed by atoms with van der Waals surface area (Å²) < 4.78 is 48.0. The standard InChI is InChI=1S/C15H13FN2O4S2/c1-18-11-5-4-10(8-13(11)23-15(18)19)17-24(20,21)14-7-9(16)3-6-12(14)22-2/h3-8,17H,1-2H3. The Kier molecular flexibility index (Phi) is 4.06. The maximum Gasteiger partial charge on any atom is 0.307 e. The van der Waals surface area contributed by atoms with Gasteiger partial charge in [-0.05, 0) is 36.4 Å². The molecule has 0 unspecified atom stereocenters. The topological polar surface area (TPSA) is 77.4 Å². The average molecular weight is 368 g/mol. The summed E-state index contributed by atoms with van der Waals surface area (Å²) in [6.45, 7) is 0. The van der Waals surface area contributed by atoms with Gasteiger partial charge in [0.15, 0.2) is 0 Å². The second kappa shape index (κ2) is 5.91. The van der Waals surface area contributed by atoms with Crippen LogP contribution in [0.2, 0.25) is 0 Å². The highest BCUT2D eigenvalue weighted by Gasteiger charge is 2.21. The van der Waals surface area contributed by atoms with E-state index in [2.05, 4.69) is 4.72 Å². The molecule has 0 aliphatic rings. The molecular weight excluding hydrogens is 355 g/mol. The number of aryl methyl sites for hydroxylation is 1. The summed E-state index contributed by atoms with van der Waals surface area (Å²) in [5.41, 5.74) is 0.979. The van der Waals surface area contributed by atoms with Crippen molar-refractivity contribution in [3.8, 4) is 5.75 Å². The van der Waals surface area contributed by atoms with E-state index in [1.165, 1.54) is 23.8 Å². The van der Waals surface area contributed by atoms with Gasteiger partial charge in [0.1, 0.15) is 16.5 Å². The molecule has 0 saturated heterocycles. The summed E-state index contributed by atoms with van der Waals surface area (Å²) in [7, 11) is -1.10. The molecule has 0 aliphatic heterocycles. The molecule has 1 aromatic heterocycles. The van der Waals surface area contributed by atoms with Crippen molar-refractivity contribution in [2.24, 2.45) is 7.05 Å². The lowest BCUT2D eigenvalue weighted by Crippen LogP contribution is -2.14. The quantitative estimate of drug-likeness (QED) is 0.768. The molecule has 2 aromatic carbocycles. The number of aromatic nitrogens is 1. The largest absolute Gasteiger partial charge is 0.495 e. The van der Waals surface area contributed by atoms with Crippen molar-refractivity contribution in [1.82, 2.24) is 4.57 Å². The van der Waals surface area contributed by atoms with Gasteiger partial charge >= 0.3 is 4.87 Å². The third kappa shape index (κ3) is 2.87. The molecule has 24 heavy (non-hydrogen) atoms. The van der Waals surface area contributed by atoms with E-state index in [0.717, 1.165) is 23.5 Å². The molecule has 0 bridgehead atoms. The lowest BCUT2D eigenvalue weighted by molar-refractivity contribution is 0.401. The maximum absolute atomic E-state index is 13.4. The first-order valence-electron chi connectivity index (χ1n) is 6.78. The molecule has 0 saturated carbocycles. The smallest absolute Gasteiger partial charge is 0.307 e. The number of ether oxygens (including phenoxy) is 1. The molecule has 1 N–H and O–H groups in total. The molecule has 0 fully saturated rings. The molecule has 3 rings (SSSR count). The Bertz CT molecular complexity index is 1090. The number of nitrogens with zero attached hydrogens (tertiary/aromatic N) is 1. The van der Waals surface area contributed by atoms with Crippen molar-refractivity contribution in [2.45, 2.75) is 4.90 Å². The second-order valence-corrected chi connectivity index (χ2v) is 7.65. The van der Waals surface area contributed by atoms with E-state index in [1.54, 1.807) is 19.2 Å². The number of benzene rings is 2. The van der Waals surface area contributed by atoms with E-state index in [-0.39, 0.29) is 21.2 Å². The molecule has 9 heteroatoms. The predicted octanol–water partition coefficient (Wildman–Crippen LogP) is 2.55. The van der Waals surface area contributed by atoms with Crippen LogP contribution in [-0.4, -0.2) is 20.1 Å². The Morgan fingerprint density at radius 3 is 2.67 bits per heavy atom. The number of nitrogens with one attached hydrogen (secondary N) is 1. The predicted molar refractivity (Wildman–Crippen MR) is 90.8 cm³/mol. The lowest BCUT2D eigenvalue weighted by Gasteiger charge is -2.11. The van der Waals surface area contributed by atoms with Crippen molar-refractivity contribution in [1.29, 1.82) is 0 Å². The molecule has 126 valence electrons. The summed E-state index contributed by atoms with van der Waals surface area (Å²) in [6.07, 6.45) is 0. The summed E-state index contributed by atoms with van der Waals surface area (Å²) in [4.78, 5) is 11.2. The van der Waals surface area contributed by atoms with Gasteiger partial charge in [0.2, 0.25) is 0 Å². The molecule has 0 aliphatic carbocycles. The van der Waals surface area contributed by atoms with Crippen LogP contribution in [0.15, 0.2) is 46.1 Å². The molecule has 0 radical (unpaired) electrons. The average Bonchev–Trinajstić information content (AvgIpc) is 2.81. The minimum Gasteiger partial charge on any atom is -0.495 e. The van der Waals surface area contributed by atoms with Crippen LogP contribution in [-0.2, 0) is 17.1 Å². The molecule has 6 nitrogen and oxygen atoms in total. The fourth-order valence-electron chi connectivity index (χ4n) is 2.27. The van der Waals surface area contributed by atoms with Crippen LogP contribution in [0.5, 0.6) is 5.75 Å². The fourth-order valence-corrected chi connectivity index (χ4v) is 4.42. The Morgan fingerprint density at radius 2 is 1.96 bits per heavy atom. The van der Waals surface area contributed by atoms with Crippen LogP contribution in [0, 0.1) is 5.82 Å². The number of halogens is 1. The first kappa shape index (κ1) is 16.5. The van der Waals surface area contributed by atoms with Gasteiger partial charge in [-0.15, -0.1) is 0 Å². The highest BCUT2D eigenvalue weighted by atomic mass is 32.2. The molecular formula is C15H13FN2O4S2. The van der Waals surface area contributed by atoms with Gasteiger partial charge in [0.05, 0.1) is 23.0 Å². The molecule has 0 spiro atoms. The van der Waals surface area contributed by atoms with Crippen molar-refractivity contribution in [3.05, 3.63) is 51.9 Å². The van der Waals surface area contributed by atoms with E-state index < -0.39 is 15.8 Å². The van der Waals surface area contributed by atoms with Gasteiger partial charge in [-0.2, -0.15) is 0 Å². The summed E-state index contributed by atoms with van der Waals surface area (Å²) in [6, 6.07) is 8.00. The van der Waals surface area contributed by atoms with Gasteiger partial charge in [0.25, 0.3) is 10.0 Å². The summed E-state index contributed by atoms with van der Waals surface area (Å²) in [5, 5.41) is 0. The number of methoxy groups -OCH3 is 1. The van der Waals surface area contributed by atoms with Gasteiger partial charge in [-0.1, -0.05) is 11.3 Å². The zero-order valence-electron chi connectivity index (χ0n) is 12.7. The minimum atomic E-state index is -4.05. The summed E-state index contributed by atoms with van der Waals surface area (Å²) >= 11 is 1.01. The third-order valence-corrected chi connectivity index (χ3v) is 5.86. The van der Waals surface area contributed by atoms with Crippen molar-refractivity contribution < 1.29 is 17.5 Å². The van der Waals surface area contributed by atoms with Crippen molar-refractivity contribution in [3.63, 3.8) is 0 Å². The Labute approximate surface area is 141 Å². The Balaban J connectivity index is 2.04. The highest BCUT2D eigenvalue weighted by Crippen LogP contribution is 2.28. The number of hydrogen-bond donors (Lipinski definition) is 1. The van der Waals surface area contributed by atoms with E-state index in [9.17, 15) is 17.6 Å². The van der Waals surface area contributed by atoms with Crippen LogP contribution < -0.4 is 14.3 Å². The number of fused-ring (bicyclic) bond motifs is 1. The van der Waals surface area contributed by atoms with Gasteiger partial charge in [0, 0.05) is 7.05 Å². The molecule has 0 amide bonds. The molecule has 1 heterocycles. The normalized spacial score (nSPS) is 11.6. The van der Waals surface area contributed by atoms with E-state index in [4.69, 9.17) is 4.74 Å². The van der Waals surface area contributed by atoms with Gasteiger partial charge < -0.3 is 9.30 Å². The van der Waals surface area contributed by atoms with E-state index in [1.807, 2.05) is 0 Å². The van der Waals surface area contributed by atoms with Crippen LogP contribution >= 0.6 is 11.3 Å². The first-order chi connectivity index (χ1) is 11.3. The third-order valence-electron chi connectivity index (χ3n) is 3.46. The van der Waals surface area contributed by atoms with Gasteiger partial charge in [-0.3, -0.25) is 9.52 Å². The SMILES string of the molecule is COc1ccc(F)cc1S(=O)(=O)Nc1ccc2c(c1)sc(=O)n2C. The molecule has 3 aromatic rings.